The molecule has 2 amide bonds. The van der Waals surface area contributed by atoms with Crippen molar-refractivity contribution in [3.63, 3.8) is 0 Å². The summed E-state index contributed by atoms with van der Waals surface area (Å²) >= 11 is 0. The van der Waals surface area contributed by atoms with Gasteiger partial charge in [-0.1, -0.05) is 6.07 Å². The summed E-state index contributed by atoms with van der Waals surface area (Å²) in [5, 5.41) is 6.10. The van der Waals surface area contributed by atoms with Gasteiger partial charge >= 0.3 is 0 Å². The summed E-state index contributed by atoms with van der Waals surface area (Å²) in [6.07, 6.45) is 1.91. The van der Waals surface area contributed by atoms with Gasteiger partial charge in [-0.3, -0.25) is 14.5 Å². The van der Waals surface area contributed by atoms with Gasteiger partial charge < -0.3 is 20.4 Å². The summed E-state index contributed by atoms with van der Waals surface area (Å²) in [5.41, 5.74) is 1.92. The molecule has 2 aromatic carbocycles. The first-order valence-corrected chi connectivity index (χ1v) is 12.6. The SMILES string of the molecule is CN1CCN(c2ccc(NC(=O)CN3C[C@@H](c4ccc(F)c(F)c4)[C@@]4(CCCC(=O)N4)C3)cc2)CC1. The van der Waals surface area contributed by atoms with Gasteiger partial charge in [-0.05, 0) is 61.9 Å². The van der Waals surface area contributed by atoms with Crippen molar-refractivity contribution in [1.29, 1.82) is 0 Å². The van der Waals surface area contributed by atoms with Crippen LogP contribution in [0.25, 0.3) is 0 Å². The van der Waals surface area contributed by atoms with E-state index in [9.17, 15) is 18.4 Å². The summed E-state index contributed by atoms with van der Waals surface area (Å²) in [7, 11) is 2.13. The average molecular weight is 498 g/mol. The molecule has 7 nitrogen and oxygen atoms in total. The van der Waals surface area contributed by atoms with E-state index in [1.165, 1.54) is 6.07 Å². The average Bonchev–Trinajstić information content (AvgIpc) is 3.18. The van der Waals surface area contributed by atoms with Crippen LogP contribution in [-0.4, -0.2) is 80.0 Å². The minimum Gasteiger partial charge on any atom is -0.369 e. The van der Waals surface area contributed by atoms with Crippen LogP contribution in [0.3, 0.4) is 0 Å². The van der Waals surface area contributed by atoms with E-state index < -0.39 is 17.2 Å². The molecule has 2 N–H and O–H groups in total. The number of hydrogen-bond acceptors (Lipinski definition) is 5. The van der Waals surface area contributed by atoms with Crippen molar-refractivity contribution >= 4 is 23.2 Å². The third-order valence-electron chi connectivity index (χ3n) is 7.76. The molecule has 3 aliphatic rings. The Hall–Kier alpha value is -3.04. The highest BCUT2D eigenvalue weighted by Crippen LogP contribution is 2.41. The normalized spacial score (nSPS) is 25.2. The smallest absolute Gasteiger partial charge is 0.238 e. The Kier molecular flexibility index (Phi) is 6.94. The molecule has 0 unspecified atom stereocenters. The highest BCUT2D eigenvalue weighted by molar-refractivity contribution is 5.92. The molecule has 36 heavy (non-hydrogen) atoms. The van der Waals surface area contributed by atoms with Gasteiger partial charge in [0, 0.05) is 63.0 Å². The predicted octanol–water partition coefficient (Wildman–Crippen LogP) is 2.79. The number of halogens is 2. The van der Waals surface area contributed by atoms with Gasteiger partial charge in [0.1, 0.15) is 0 Å². The van der Waals surface area contributed by atoms with Crippen molar-refractivity contribution in [2.75, 3.05) is 63.1 Å². The lowest BCUT2D eigenvalue weighted by atomic mass is 9.76. The van der Waals surface area contributed by atoms with Gasteiger partial charge in [0.2, 0.25) is 11.8 Å². The maximum Gasteiger partial charge on any atom is 0.238 e. The molecule has 0 bridgehead atoms. The number of likely N-dealkylation sites (tertiary alicyclic amines) is 1. The highest BCUT2D eigenvalue weighted by atomic mass is 19.2. The summed E-state index contributed by atoms with van der Waals surface area (Å²) < 4.78 is 27.6. The van der Waals surface area contributed by atoms with Crippen molar-refractivity contribution in [3.8, 4) is 0 Å². The monoisotopic (exact) mass is 497 g/mol. The van der Waals surface area contributed by atoms with E-state index in [0.717, 1.165) is 56.5 Å². The Morgan fingerprint density at radius 2 is 1.83 bits per heavy atom. The topological polar surface area (TPSA) is 67.9 Å². The summed E-state index contributed by atoms with van der Waals surface area (Å²) in [6.45, 7) is 5.13. The van der Waals surface area contributed by atoms with Crippen molar-refractivity contribution in [2.45, 2.75) is 30.7 Å². The molecule has 0 aliphatic carbocycles. The maximum absolute atomic E-state index is 14.0. The fraction of sp³-hybridized carbons (Fsp3) is 0.481. The van der Waals surface area contributed by atoms with Gasteiger partial charge in [0.15, 0.2) is 11.6 Å². The highest BCUT2D eigenvalue weighted by Gasteiger charge is 2.49. The molecule has 3 saturated heterocycles. The van der Waals surface area contributed by atoms with Crippen LogP contribution in [0, 0.1) is 11.6 Å². The molecule has 1 spiro atoms. The molecule has 3 aliphatic heterocycles. The minimum absolute atomic E-state index is 0.0411. The molecule has 3 heterocycles. The standard InChI is InChI=1S/C27H33F2N5O2/c1-32-11-13-34(14-12-32)21-7-5-20(6-8-21)30-26(36)17-33-16-22(19-4-9-23(28)24(29)15-19)27(18-33)10-2-3-25(35)31-27/h4-9,15,22H,2-3,10-14,16-18H2,1H3,(H,30,36)(H,31,35)/t22-,27+/m0/s1. The third-order valence-corrected chi connectivity index (χ3v) is 7.76. The zero-order chi connectivity index (χ0) is 25.3. The summed E-state index contributed by atoms with van der Waals surface area (Å²) in [6, 6.07) is 11.8. The lowest BCUT2D eigenvalue weighted by molar-refractivity contribution is -0.125. The van der Waals surface area contributed by atoms with Crippen LogP contribution < -0.4 is 15.5 Å². The zero-order valence-electron chi connectivity index (χ0n) is 20.6. The molecule has 0 aromatic heterocycles. The fourth-order valence-corrected chi connectivity index (χ4v) is 5.85. The lowest BCUT2D eigenvalue weighted by Crippen LogP contribution is -2.56. The van der Waals surface area contributed by atoms with Crippen LogP contribution in [0.1, 0.15) is 30.7 Å². The predicted molar refractivity (Wildman–Crippen MR) is 135 cm³/mol. The van der Waals surface area contributed by atoms with E-state index >= 15 is 0 Å². The van der Waals surface area contributed by atoms with Crippen molar-refractivity contribution in [3.05, 3.63) is 59.7 Å². The second kappa shape index (κ2) is 10.1. The number of carbonyl (C=O) groups excluding carboxylic acids is 2. The zero-order valence-corrected chi connectivity index (χ0v) is 20.6. The molecule has 3 fully saturated rings. The van der Waals surface area contributed by atoms with E-state index in [-0.39, 0.29) is 24.3 Å². The van der Waals surface area contributed by atoms with Crippen LogP contribution >= 0.6 is 0 Å². The Bertz CT molecular complexity index is 1120. The number of nitrogens with zero attached hydrogens (tertiary/aromatic N) is 3. The first-order valence-electron chi connectivity index (χ1n) is 12.6. The fourth-order valence-electron chi connectivity index (χ4n) is 5.85. The summed E-state index contributed by atoms with van der Waals surface area (Å²) in [5.74, 6) is -2.21. The van der Waals surface area contributed by atoms with E-state index in [1.54, 1.807) is 6.07 Å². The molecule has 0 radical (unpaired) electrons. The molecule has 5 rings (SSSR count). The van der Waals surface area contributed by atoms with Gasteiger partial charge in [-0.2, -0.15) is 0 Å². The van der Waals surface area contributed by atoms with E-state index in [4.69, 9.17) is 0 Å². The number of carbonyl (C=O) groups is 2. The summed E-state index contributed by atoms with van der Waals surface area (Å²) in [4.78, 5) is 31.8. The number of piperazine rings is 1. The number of rotatable bonds is 5. The van der Waals surface area contributed by atoms with Crippen LogP contribution in [-0.2, 0) is 9.59 Å². The van der Waals surface area contributed by atoms with Gasteiger partial charge in [-0.25, -0.2) is 8.78 Å². The number of amides is 2. The molecule has 2 aromatic rings. The van der Waals surface area contributed by atoms with E-state index in [0.29, 0.717) is 25.1 Å². The van der Waals surface area contributed by atoms with E-state index in [2.05, 4.69) is 27.5 Å². The van der Waals surface area contributed by atoms with Crippen LogP contribution in [0.4, 0.5) is 20.2 Å². The molecular weight excluding hydrogens is 464 g/mol. The van der Waals surface area contributed by atoms with Gasteiger partial charge in [0.05, 0.1) is 12.1 Å². The number of likely N-dealkylation sites (N-methyl/N-ethyl adjacent to an activating group) is 1. The van der Waals surface area contributed by atoms with Crippen molar-refractivity contribution < 1.29 is 18.4 Å². The first-order chi connectivity index (χ1) is 17.3. The van der Waals surface area contributed by atoms with Gasteiger partial charge in [-0.15, -0.1) is 0 Å². The Morgan fingerprint density at radius 3 is 2.53 bits per heavy atom. The van der Waals surface area contributed by atoms with Crippen molar-refractivity contribution in [2.24, 2.45) is 0 Å². The quantitative estimate of drug-likeness (QED) is 0.665. The number of anilines is 2. The Labute approximate surface area is 210 Å². The first kappa shape index (κ1) is 24.6. The second-order valence-corrected chi connectivity index (χ2v) is 10.3. The van der Waals surface area contributed by atoms with Crippen LogP contribution in [0.2, 0.25) is 0 Å². The van der Waals surface area contributed by atoms with E-state index in [1.807, 2.05) is 29.2 Å². The minimum atomic E-state index is -0.902. The van der Waals surface area contributed by atoms with Gasteiger partial charge in [0.25, 0.3) is 0 Å². The molecule has 2 atom stereocenters. The number of nitrogens with one attached hydrogen (secondary N) is 2. The number of piperidine rings is 1. The number of hydrogen-bond donors (Lipinski definition) is 2. The lowest BCUT2D eigenvalue weighted by Gasteiger charge is -2.39. The Balaban J connectivity index is 1.24. The molecule has 192 valence electrons. The second-order valence-electron chi connectivity index (χ2n) is 10.3. The molecular formula is C27H33F2N5O2. The largest absolute Gasteiger partial charge is 0.369 e. The maximum atomic E-state index is 14.0. The van der Waals surface area contributed by atoms with Crippen molar-refractivity contribution in [1.82, 2.24) is 15.1 Å². The van der Waals surface area contributed by atoms with Crippen LogP contribution in [0.15, 0.2) is 42.5 Å². The van der Waals surface area contributed by atoms with Crippen LogP contribution in [0.5, 0.6) is 0 Å². The molecule has 9 heteroatoms. The third kappa shape index (κ3) is 5.22. The number of benzene rings is 2. The Morgan fingerprint density at radius 1 is 1.08 bits per heavy atom. The molecule has 0 saturated carbocycles.